The van der Waals surface area contributed by atoms with Crippen molar-refractivity contribution < 1.29 is 13.6 Å². The molecule has 0 bridgehead atoms. The summed E-state index contributed by atoms with van der Waals surface area (Å²) in [5.41, 5.74) is 1.84. The summed E-state index contributed by atoms with van der Waals surface area (Å²) >= 11 is 0. The van der Waals surface area contributed by atoms with Gasteiger partial charge in [-0.05, 0) is 48.9 Å². The van der Waals surface area contributed by atoms with Crippen molar-refractivity contribution in [1.82, 2.24) is 0 Å². The molecular weight excluding hydrogens is 356 g/mol. The Morgan fingerprint density at radius 3 is 2.54 bits per heavy atom. The summed E-state index contributed by atoms with van der Waals surface area (Å²) in [5.74, 6) is 1.67. The third-order valence-electron chi connectivity index (χ3n) is 7.20. The van der Waals surface area contributed by atoms with Gasteiger partial charge in [0, 0.05) is 11.8 Å². The van der Waals surface area contributed by atoms with E-state index in [4.69, 9.17) is 8.85 Å². The minimum Gasteiger partial charge on any atom is -0.400 e. The van der Waals surface area contributed by atoms with Gasteiger partial charge < -0.3 is 13.6 Å². The lowest BCUT2D eigenvalue weighted by molar-refractivity contribution is -0.137. The SMILES string of the molecule is C[SiH2]OC(O[SiH2]C)C(C)(C)[C@H]1CCC[C@@]2(C)C([C@H](C)CC=O)=CCC[C@H]12. The fraction of sp³-hybridized carbons (Fsp3) is 0.857. The molecular formula is C21H40O3Si2. The third kappa shape index (κ3) is 4.26. The maximum Gasteiger partial charge on any atom is 0.161 e. The first-order chi connectivity index (χ1) is 12.3. The molecule has 0 aromatic rings. The highest BCUT2D eigenvalue weighted by Crippen LogP contribution is 2.59. The van der Waals surface area contributed by atoms with E-state index in [-0.39, 0.29) is 17.1 Å². The van der Waals surface area contributed by atoms with Crippen molar-refractivity contribution >= 4 is 25.8 Å². The lowest BCUT2D eigenvalue weighted by Gasteiger charge is -2.56. The average molecular weight is 397 g/mol. The molecule has 1 fully saturated rings. The number of fused-ring (bicyclic) bond motifs is 1. The second-order valence-electron chi connectivity index (χ2n) is 9.13. The normalized spacial score (nSPS) is 32.6. The molecule has 0 amide bonds. The molecule has 0 aliphatic heterocycles. The van der Waals surface area contributed by atoms with Crippen molar-refractivity contribution in [2.75, 3.05) is 0 Å². The Bertz CT molecular complexity index is 499. The highest BCUT2D eigenvalue weighted by Gasteiger charge is 2.52. The zero-order valence-corrected chi connectivity index (χ0v) is 20.7. The van der Waals surface area contributed by atoms with Crippen molar-refractivity contribution in [3.8, 4) is 0 Å². The second-order valence-corrected chi connectivity index (χ2v) is 10.9. The molecule has 3 nitrogen and oxygen atoms in total. The van der Waals surface area contributed by atoms with Crippen LogP contribution in [-0.2, 0) is 13.6 Å². The van der Waals surface area contributed by atoms with Crippen molar-refractivity contribution in [2.24, 2.45) is 28.6 Å². The summed E-state index contributed by atoms with van der Waals surface area (Å²) in [7, 11) is -0.989. The van der Waals surface area contributed by atoms with E-state index in [1.165, 1.54) is 25.7 Å². The van der Waals surface area contributed by atoms with Gasteiger partial charge in [0.25, 0.3) is 0 Å². The van der Waals surface area contributed by atoms with Crippen molar-refractivity contribution in [2.45, 2.75) is 85.6 Å². The highest BCUT2D eigenvalue weighted by molar-refractivity contribution is 6.26. The second kappa shape index (κ2) is 9.31. The fourth-order valence-electron chi connectivity index (χ4n) is 5.93. The molecule has 2 aliphatic rings. The van der Waals surface area contributed by atoms with E-state index in [1.807, 2.05) is 0 Å². The summed E-state index contributed by atoms with van der Waals surface area (Å²) in [6.07, 6.45) is 10.4. The smallest absolute Gasteiger partial charge is 0.161 e. The fourth-order valence-corrected chi connectivity index (χ4v) is 7.78. The van der Waals surface area contributed by atoms with Crippen LogP contribution in [0.2, 0.25) is 13.1 Å². The predicted octanol–water partition coefficient (Wildman–Crippen LogP) is 4.00. The molecule has 0 aromatic carbocycles. The Balaban J connectivity index is 2.32. The van der Waals surface area contributed by atoms with Gasteiger partial charge in [-0.25, -0.2) is 0 Å². The molecule has 5 heteroatoms. The van der Waals surface area contributed by atoms with Crippen LogP contribution < -0.4 is 0 Å². The highest BCUT2D eigenvalue weighted by atomic mass is 28.2. The summed E-state index contributed by atoms with van der Waals surface area (Å²) < 4.78 is 12.4. The van der Waals surface area contributed by atoms with E-state index >= 15 is 0 Å². The minimum absolute atomic E-state index is 0.0232. The first-order valence-corrected chi connectivity index (χ1v) is 14.7. The largest absolute Gasteiger partial charge is 0.400 e. The number of hydrogen-bond donors (Lipinski definition) is 0. The zero-order valence-electron chi connectivity index (χ0n) is 17.8. The molecule has 0 radical (unpaired) electrons. The Labute approximate surface area is 165 Å². The monoisotopic (exact) mass is 396 g/mol. The summed E-state index contributed by atoms with van der Waals surface area (Å²) in [4.78, 5) is 11.1. The molecule has 1 saturated carbocycles. The van der Waals surface area contributed by atoms with Crippen molar-refractivity contribution in [1.29, 1.82) is 0 Å². The van der Waals surface area contributed by atoms with Gasteiger partial charge in [0.1, 0.15) is 12.6 Å². The summed E-state index contributed by atoms with van der Waals surface area (Å²) in [6.45, 7) is 13.9. The van der Waals surface area contributed by atoms with Crippen LogP contribution in [0.3, 0.4) is 0 Å². The lowest BCUT2D eigenvalue weighted by Crippen LogP contribution is -2.51. The molecule has 0 aromatic heterocycles. The van der Waals surface area contributed by atoms with E-state index < -0.39 is 19.5 Å². The molecule has 2 aliphatic carbocycles. The predicted molar refractivity (Wildman–Crippen MR) is 115 cm³/mol. The van der Waals surface area contributed by atoms with E-state index in [9.17, 15) is 4.79 Å². The Hall–Kier alpha value is -0.236. The quantitative estimate of drug-likeness (QED) is 0.256. The number of rotatable bonds is 9. The van der Waals surface area contributed by atoms with E-state index in [2.05, 4.69) is 46.9 Å². The molecule has 0 heterocycles. The zero-order chi connectivity index (χ0) is 19.4. The van der Waals surface area contributed by atoms with Gasteiger partial charge in [0.15, 0.2) is 19.5 Å². The van der Waals surface area contributed by atoms with Crippen LogP contribution in [0.4, 0.5) is 0 Å². The topological polar surface area (TPSA) is 35.5 Å². The summed E-state index contributed by atoms with van der Waals surface area (Å²) in [5, 5.41) is 0. The van der Waals surface area contributed by atoms with E-state index in [0.717, 1.165) is 12.7 Å². The van der Waals surface area contributed by atoms with E-state index in [1.54, 1.807) is 5.57 Å². The van der Waals surface area contributed by atoms with Crippen LogP contribution in [0.15, 0.2) is 11.6 Å². The van der Waals surface area contributed by atoms with Crippen molar-refractivity contribution in [3.63, 3.8) is 0 Å². The minimum atomic E-state index is -0.495. The molecule has 0 unspecified atom stereocenters. The molecule has 0 spiro atoms. The number of carbonyl (C=O) groups excluding carboxylic acids is 1. The molecule has 150 valence electrons. The van der Waals surface area contributed by atoms with Crippen LogP contribution in [0.5, 0.6) is 0 Å². The third-order valence-corrected chi connectivity index (χ3v) is 8.47. The lowest BCUT2D eigenvalue weighted by atomic mass is 9.50. The van der Waals surface area contributed by atoms with Crippen molar-refractivity contribution in [3.05, 3.63) is 11.6 Å². The van der Waals surface area contributed by atoms with Crippen LogP contribution in [0, 0.1) is 28.6 Å². The molecule has 0 N–H and O–H groups in total. The Morgan fingerprint density at radius 2 is 1.96 bits per heavy atom. The molecule has 2 rings (SSSR count). The maximum atomic E-state index is 11.1. The van der Waals surface area contributed by atoms with Gasteiger partial charge in [-0.15, -0.1) is 0 Å². The standard InChI is InChI=1S/C21H40O3Si2/c1-15(12-14-22)16-9-7-10-18-17(11-8-13-21(16,18)4)20(2,3)19(23-25-5)24-26-6/h9,14-15,17-19H,7-8,10-13,25-26H2,1-6H3/t15-,17+,18-,21+/m1/s1. The van der Waals surface area contributed by atoms with Gasteiger partial charge in [-0.3, -0.25) is 0 Å². The Kier molecular flexibility index (Phi) is 7.90. The van der Waals surface area contributed by atoms with Crippen LogP contribution in [-0.4, -0.2) is 32.1 Å². The molecule has 4 atom stereocenters. The van der Waals surface area contributed by atoms with Crippen LogP contribution in [0.1, 0.15) is 66.2 Å². The van der Waals surface area contributed by atoms with Gasteiger partial charge in [0.2, 0.25) is 0 Å². The first kappa shape index (κ1) is 22.1. The van der Waals surface area contributed by atoms with Crippen LogP contribution in [0.25, 0.3) is 0 Å². The number of allylic oxidation sites excluding steroid dienone is 2. The maximum absolute atomic E-state index is 11.1. The van der Waals surface area contributed by atoms with Gasteiger partial charge in [-0.1, -0.05) is 58.9 Å². The van der Waals surface area contributed by atoms with Gasteiger partial charge in [0.05, 0.1) is 0 Å². The van der Waals surface area contributed by atoms with E-state index in [0.29, 0.717) is 24.2 Å². The summed E-state index contributed by atoms with van der Waals surface area (Å²) in [6, 6.07) is 0. The number of carbonyl (C=O) groups is 1. The Morgan fingerprint density at radius 1 is 1.31 bits per heavy atom. The van der Waals surface area contributed by atoms with Gasteiger partial charge in [-0.2, -0.15) is 0 Å². The van der Waals surface area contributed by atoms with Crippen LogP contribution >= 0.6 is 0 Å². The molecule has 26 heavy (non-hydrogen) atoms. The molecule has 0 saturated heterocycles. The number of aldehydes is 1. The number of hydrogen-bond acceptors (Lipinski definition) is 3. The average Bonchev–Trinajstić information content (AvgIpc) is 2.60. The van der Waals surface area contributed by atoms with Gasteiger partial charge >= 0.3 is 0 Å². The first-order valence-electron chi connectivity index (χ1n) is 10.7.